The molecule has 0 saturated heterocycles. The fourth-order valence-electron chi connectivity index (χ4n) is 2.63. The summed E-state index contributed by atoms with van der Waals surface area (Å²) in [6.45, 7) is 1.09. The molecule has 0 bridgehead atoms. The normalized spacial score (nSPS) is 16.7. The molecule has 1 fully saturated rings. The molecule has 6 heteroatoms. The van der Waals surface area contributed by atoms with E-state index in [1.54, 1.807) is 17.4 Å². The predicted octanol–water partition coefficient (Wildman–Crippen LogP) is 4.46. The fourth-order valence-corrected chi connectivity index (χ4v) is 3.36. The molecule has 1 unspecified atom stereocenters. The van der Waals surface area contributed by atoms with E-state index in [1.165, 1.54) is 10.9 Å². The van der Waals surface area contributed by atoms with Gasteiger partial charge in [0.05, 0.1) is 11.7 Å². The second-order valence-corrected chi connectivity index (χ2v) is 6.91. The highest BCUT2D eigenvalue weighted by Gasteiger charge is 2.33. The van der Waals surface area contributed by atoms with Crippen molar-refractivity contribution in [1.82, 2.24) is 4.90 Å². The van der Waals surface area contributed by atoms with Crippen molar-refractivity contribution in [3.05, 3.63) is 57.8 Å². The highest BCUT2D eigenvalue weighted by molar-refractivity contribution is 7.09. The van der Waals surface area contributed by atoms with Crippen molar-refractivity contribution in [2.75, 3.05) is 6.54 Å². The number of nitrogens with zero attached hydrogens (tertiary/aromatic N) is 1. The molecule has 1 aromatic carbocycles. The van der Waals surface area contributed by atoms with Gasteiger partial charge in [0.25, 0.3) is 0 Å². The van der Waals surface area contributed by atoms with E-state index in [9.17, 15) is 18.3 Å². The minimum atomic E-state index is -4.39. The predicted molar refractivity (Wildman–Crippen MR) is 84.2 cm³/mol. The van der Waals surface area contributed by atoms with Gasteiger partial charge in [-0.05, 0) is 42.0 Å². The highest BCUT2D eigenvalue weighted by Crippen LogP contribution is 2.33. The first kappa shape index (κ1) is 16.5. The molecule has 23 heavy (non-hydrogen) atoms. The lowest BCUT2D eigenvalue weighted by Gasteiger charge is -2.25. The smallest absolute Gasteiger partial charge is 0.387 e. The lowest BCUT2D eigenvalue weighted by molar-refractivity contribution is -0.137. The summed E-state index contributed by atoms with van der Waals surface area (Å²) in [6, 6.07) is 9.42. The van der Waals surface area contributed by atoms with Gasteiger partial charge in [0.15, 0.2) is 0 Å². The number of rotatable bonds is 6. The molecule has 1 N–H and O–H groups in total. The van der Waals surface area contributed by atoms with Crippen LogP contribution in [0.1, 0.15) is 34.9 Å². The van der Waals surface area contributed by atoms with E-state index in [0.29, 0.717) is 18.2 Å². The van der Waals surface area contributed by atoms with E-state index in [0.717, 1.165) is 31.5 Å². The van der Waals surface area contributed by atoms with Crippen molar-refractivity contribution in [2.24, 2.45) is 0 Å². The number of alkyl halides is 3. The summed E-state index contributed by atoms with van der Waals surface area (Å²) in [7, 11) is 0. The summed E-state index contributed by atoms with van der Waals surface area (Å²) in [6.07, 6.45) is -3.14. The minimum absolute atomic E-state index is 0.316. The molecule has 0 radical (unpaired) electrons. The molecule has 0 amide bonds. The summed E-state index contributed by atoms with van der Waals surface area (Å²) in [4.78, 5) is 3.37. The monoisotopic (exact) mass is 341 g/mol. The second-order valence-electron chi connectivity index (χ2n) is 5.88. The zero-order chi connectivity index (χ0) is 16.4. The van der Waals surface area contributed by atoms with Crippen LogP contribution in [0.3, 0.4) is 0 Å². The first-order valence-electron chi connectivity index (χ1n) is 7.55. The summed E-state index contributed by atoms with van der Waals surface area (Å²) in [5.74, 6) is 0. The van der Waals surface area contributed by atoms with Crippen LogP contribution in [-0.4, -0.2) is 22.6 Å². The number of thiophene rings is 1. The third kappa shape index (κ3) is 4.34. The Labute approximate surface area is 137 Å². The Morgan fingerprint density at radius 3 is 2.61 bits per heavy atom. The van der Waals surface area contributed by atoms with Crippen LogP contribution in [0.15, 0.2) is 41.8 Å². The van der Waals surface area contributed by atoms with Gasteiger partial charge < -0.3 is 5.11 Å². The van der Waals surface area contributed by atoms with Crippen LogP contribution in [0.5, 0.6) is 0 Å². The molecular weight excluding hydrogens is 323 g/mol. The molecule has 0 spiro atoms. The minimum Gasteiger partial charge on any atom is -0.387 e. The Bertz CT molecular complexity index is 638. The Hall–Kier alpha value is -1.37. The molecule has 1 saturated carbocycles. The van der Waals surface area contributed by atoms with E-state index in [-0.39, 0.29) is 0 Å². The largest absolute Gasteiger partial charge is 0.416 e. The summed E-state index contributed by atoms with van der Waals surface area (Å²) in [5, 5.41) is 12.4. The Morgan fingerprint density at radius 1 is 1.22 bits per heavy atom. The van der Waals surface area contributed by atoms with Crippen LogP contribution in [-0.2, 0) is 12.7 Å². The standard InChI is InChI=1S/C17H18F3NOS/c18-17(19,20)13-4-1-3-12(9-13)16(22)11-21(14-6-7-14)10-15-5-2-8-23-15/h1-5,8-9,14,16,22H,6-7,10-11H2. The van der Waals surface area contributed by atoms with Gasteiger partial charge in [0, 0.05) is 24.0 Å². The number of hydrogen-bond acceptors (Lipinski definition) is 3. The average Bonchev–Trinajstić information content (AvgIpc) is 3.24. The van der Waals surface area contributed by atoms with Gasteiger partial charge in [-0.25, -0.2) is 0 Å². The molecule has 124 valence electrons. The molecule has 3 rings (SSSR count). The third-order valence-electron chi connectivity index (χ3n) is 4.01. The van der Waals surface area contributed by atoms with Crippen LogP contribution in [0.25, 0.3) is 0 Å². The van der Waals surface area contributed by atoms with Crippen molar-refractivity contribution in [3.8, 4) is 0 Å². The Morgan fingerprint density at radius 2 is 2.00 bits per heavy atom. The van der Waals surface area contributed by atoms with Crippen LogP contribution in [0.2, 0.25) is 0 Å². The highest BCUT2D eigenvalue weighted by atomic mass is 32.1. The molecular formula is C17H18F3NOS. The molecule has 1 atom stereocenters. The number of aliphatic hydroxyl groups excluding tert-OH is 1. The Kier molecular flexibility index (Phi) is 4.75. The fraction of sp³-hybridized carbons (Fsp3) is 0.412. The number of halogens is 3. The Balaban J connectivity index is 1.70. The zero-order valence-corrected chi connectivity index (χ0v) is 13.3. The molecule has 1 aromatic heterocycles. The van der Waals surface area contributed by atoms with Crippen LogP contribution in [0, 0.1) is 0 Å². The van der Waals surface area contributed by atoms with E-state index >= 15 is 0 Å². The topological polar surface area (TPSA) is 23.5 Å². The molecule has 2 nitrogen and oxygen atoms in total. The van der Waals surface area contributed by atoms with Gasteiger partial charge in [0.2, 0.25) is 0 Å². The summed E-state index contributed by atoms with van der Waals surface area (Å²) >= 11 is 1.65. The van der Waals surface area contributed by atoms with E-state index in [1.807, 2.05) is 17.5 Å². The van der Waals surface area contributed by atoms with Crippen LogP contribution < -0.4 is 0 Å². The molecule has 1 aliphatic rings. The van der Waals surface area contributed by atoms with Crippen molar-refractivity contribution < 1.29 is 18.3 Å². The van der Waals surface area contributed by atoms with Crippen molar-refractivity contribution in [2.45, 2.75) is 37.7 Å². The van der Waals surface area contributed by atoms with Gasteiger partial charge in [-0.1, -0.05) is 18.2 Å². The number of benzene rings is 1. The maximum Gasteiger partial charge on any atom is 0.416 e. The first-order chi connectivity index (χ1) is 10.9. The summed E-state index contributed by atoms with van der Waals surface area (Å²) < 4.78 is 38.4. The van der Waals surface area contributed by atoms with Crippen molar-refractivity contribution >= 4 is 11.3 Å². The lowest BCUT2D eigenvalue weighted by Crippen LogP contribution is -2.30. The van der Waals surface area contributed by atoms with Gasteiger partial charge in [0.1, 0.15) is 0 Å². The lowest BCUT2D eigenvalue weighted by atomic mass is 10.1. The van der Waals surface area contributed by atoms with Crippen LogP contribution in [0.4, 0.5) is 13.2 Å². The van der Waals surface area contributed by atoms with Gasteiger partial charge in [-0.3, -0.25) is 4.90 Å². The average molecular weight is 341 g/mol. The van der Waals surface area contributed by atoms with Gasteiger partial charge in [-0.15, -0.1) is 11.3 Å². The van der Waals surface area contributed by atoms with Gasteiger partial charge in [-0.2, -0.15) is 13.2 Å². The first-order valence-corrected chi connectivity index (χ1v) is 8.43. The van der Waals surface area contributed by atoms with Gasteiger partial charge >= 0.3 is 6.18 Å². The van der Waals surface area contributed by atoms with E-state index in [2.05, 4.69) is 4.90 Å². The molecule has 1 heterocycles. The molecule has 1 aliphatic carbocycles. The maximum atomic E-state index is 12.8. The second kappa shape index (κ2) is 6.63. The van der Waals surface area contributed by atoms with E-state index in [4.69, 9.17) is 0 Å². The quantitative estimate of drug-likeness (QED) is 0.838. The van der Waals surface area contributed by atoms with Crippen molar-refractivity contribution in [1.29, 1.82) is 0 Å². The SMILES string of the molecule is OC(CN(Cc1cccs1)C1CC1)c1cccc(C(F)(F)F)c1. The number of hydrogen-bond donors (Lipinski definition) is 1. The number of aliphatic hydroxyl groups is 1. The van der Waals surface area contributed by atoms with E-state index < -0.39 is 17.8 Å². The third-order valence-corrected chi connectivity index (χ3v) is 4.87. The molecule has 2 aromatic rings. The van der Waals surface area contributed by atoms with Crippen LogP contribution >= 0.6 is 11.3 Å². The summed E-state index contributed by atoms with van der Waals surface area (Å²) in [5.41, 5.74) is -0.401. The maximum absolute atomic E-state index is 12.8. The zero-order valence-electron chi connectivity index (χ0n) is 12.5. The molecule has 0 aliphatic heterocycles. The van der Waals surface area contributed by atoms with Crippen molar-refractivity contribution in [3.63, 3.8) is 0 Å².